The summed E-state index contributed by atoms with van der Waals surface area (Å²) in [5.41, 5.74) is 14.2. The smallest absolute Gasteiger partial charge is 0.137 e. The van der Waals surface area contributed by atoms with Crippen LogP contribution in [0.4, 0.5) is 17.1 Å². The van der Waals surface area contributed by atoms with Crippen LogP contribution in [0, 0.1) is 6.92 Å². The Hall–Kier alpha value is -6.52. The number of fused-ring (bicyclic) bond motifs is 8. The van der Waals surface area contributed by atoms with Crippen LogP contribution in [0.5, 0.6) is 0 Å². The van der Waals surface area contributed by atoms with Crippen molar-refractivity contribution in [2.24, 2.45) is 0 Å². The summed E-state index contributed by atoms with van der Waals surface area (Å²) in [6.07, 6.45) is 4.81. The van der Waals surface area contributed by atoms with Gasteiger partial charge in [-0.15, -0.1) is 0 Å². The summed E-state index contributed by atoms with van der Waals surface area (Å²) in [6, 6.07) is 54.5. The van der Waals surface area contributed by atoms with Gasteiger partial charge in [0.05, 0.1) is 16.7 Å². The lowest BCUT2D eigenvalue weighted by Gasteiger charge is -2.26. The number of rotatable bonds is 5. The summed E-state index contributed by atoms with van der Waals surface area (Å²) < 4.78 is 2.33. The van der Waals surface area contributed by atoms with E-state index in [2.05, 4.69) is 162 Å². The molecule has 236 valence electrons. The molecule has 0 aliphatic heterocycles. The molecule has 6 aromatic carbocycles. The number of aromatic nitrogens is 3. The Morgan fingerprint density at radius 3 is 2.28 bits per heavy atom. The van der Waals surface area contributed by atoms with E-state index in [1.165, 1.54) is 44.0 Å². The van der Waals surface area contributed by atoms with Gasteiger partial charge >= 0.3 is 0 Å². The average Bonchev–Trinajstić information content (AvgIpc) is 3.70. The van der Waals surface area contributed by atoms with Crippen LogP contribution in [0.15, 0.2) is 164 Å². The topological polar surface area (TPSA) is 34.0 Å². The molecule has 0 bridgehead atoms. The molecule has 0 fully saturated rings. The van der Waals surface area contributed by atoms with Crippen molar-refractivity contribution in [1.29, 1.82) is 0 Å². The molecule has 1 aliphatic rings. The van der Waals surface area contributed by atoms with Crippen molar-refractivity contribution in [2.75, 3.05) is 4.90 Å². The summed E-state index contributed by atoms with van der Waals surface area (Å²) >= 11 is 0. The van der Waals surface area contributed by atoms with Gasteiger partial charge in [-0.3, -0.25) is 9.55 Å². The number of hydrogen-bond acceptors (Lipinski definition) is 3. The summed E-state index contributed by atoms with van der Waals surface area (Å²) in [5.74, 6) is 0.905. The monoisotopic (exact) mass is 640 g/mol. The molecule has 0 unspecified atom stereocenters. The SMILES string of the molecule is Cc1cc(-c2cc3ccccc3cn2)cc(N(c2ccccc2)c2ccc3c4c5c(ccc4n(-c4ccccn4)c3c2)Cc2ccccc2-5)c1. The van der Waals surface area contributed by atoms with Crippen LogP contribution in [0.25, 0.3) is 60.8 Å². The van der Waals surface area contributed by atoms with Gasteiger partial charge in [0.15, 0.2) is 0 Å². The van der Waals surface area contributed by atoms with Crippen molar-refractivity contribution >= 4 is 49.6 Å². The van der Waals surface area contributed by atoms with Crippen molar-refractivity contribution in [3.63, 3.8) is 0 Å². The molecule has 9 aromatic rings. The molecule has 0 N–H and O–H groups in total. The van der Waals surface area contributed by atoms with Crippen LogP contribution < -0.4 is 4.90 Å². The van der Waals surface area contributed by atoms with E-state index in [-0.39, 0.29) is 0 Å². The molecule has 4 heteroatoms. The number of benzene rings is 6. The van der Waals surface area contributed by atoms with Crippen LogP contribution in [0.2, 0.25) is 0 Å². The number of pyridine rings is 2. The molecule has 0 spiro atoms. The molecule has 0 atom stereocenters. The zero-order chi connectivity index (χ0) is 33.2. The first-order valence-corrected chi connectivity index (χ1v) is 17.1. The Bertz CT molecular complexity index is 2750. The van der Waals surface area contributed by atoms with Gasteiger partial charge in [-0.1, -0.05) is 84.9 Å². The standard InChI is InChI=1S/C46H32N4/c1-30-23-35(41-27-31-11-5-6-13-34(31)29-48-41)26-38(24-30)49(36-14-3-2-4-15-36)37-19-20-40-43(28-37)50(44-17-9-10-22-47-44)42-21-18-33-25-32-12-7-8-16-39(32)45(33)46(40)42/h2-24,26-29H,25H2,1H3. The highest BCUT2D eigenvalue weighted by atomic mass is 15.1. The lowest BCUT2D eigenvalue weighted by atomic mass is 9.99. The highest BCUT2D eigenvalue weighted by Crippen LogP contribution is 2.47. The molecule has 3 aromatic heterocycles. The Morgan fingerprint density at radius 1 is 0.580 bits per heavy atom. The minimum absolute atomic E-state index is 0.905. The maximum Gasteiger partial charge on any atom is 0.137 e. The predicted octanol–water partition coefficient (Wildman–Crippen LogP) is 11.7. The third kappa shape index (κ3) is 4.53. The van der Waals surface area contributed by atoms with E-state index in [1.807, 2.05) is 18.5 Å². The van der Waals surface area contributed by atoms with E-state index in [0.29, 0.717) is 0 Å². The molecule has 0 amide bonds. The van der Waals surface area contributed by atoms with E-state index in [0.717, 1.165) is 57.0 Å². The van der Waals surface area contributed by atoms with Crippen LogP contribution in [0.1, 0.15) is 16.7 Å². The van der Waals surface area contributed by atoms with E-state index in [4.69, 9.17) is 9.97 Å². The molecular formula is C46H32N4. The number of para-hydroxylation sites is 1. The van der Waals surface area contributed by atoms with Gasteiger partial charge in [0.1, 0.15) is 5.82 Å². The van der Waals surface area contributed by atoms with Gasteiger partial charge in [0, 0.05) is 51.2 Å². The lowest BCUT2D eigenvalue weighted by molar-refractivity contribution is 1.08. The Balaban J connectivity index is 1.22. The number of aryl methyl sites for hydroxylation is 1. The fourth-order valence-corrected chi connectivity index (χ4v) is 7.90. The molecule has 4 nitrogen and oxygen atoms in total. The van der Waals surface area contributed by atoms with Crippen LogP contribution in [-0.4, -0.2) is 14.5 Å². The van der Waals surface area contributed by atoms with Crippen molar-refractivity contribution < 1.29 is 0 Å². The highest BCUT2D eigenvalue weighted by molar-refractivity contribution is 6.18. The first-order valence-electron chi connectivity index (χ1n) is 17.1. The van der Waals surface area contributed by atoms with E-state index < -0.39 is 0 Å². The normalized spacial score (nSPS) is 12.0. The zero-order valence-electron chi connectivity index (χ0n) is 27.6. The van der Waals surface area contributed by atoms with Crippen LogP contribution >= 0.6 is 0 Å². The Labute approximate surface area is 290 Å². The molecule has 50 heavy (non-hydrogen) atoms. The second kappa shape index (κ2) is 11.3. The first-order chi connectivity index (χ1) is 24.7. The van der Waals surface area contributed by atoms with Crippen molar-refractivity contribution in [3.8, 4) is 28.2 Å². The van der Waals surface area contributed by atoms with E-state index >= 15 is 0 Å². The third-order valence-corrected chi connectivity index (χ3v) is 10.1. The molecule has 0 radical (unpaired) electrons. The van der Waals surface area contributed by atoms with Gasteiger partial charge in [0.2, 0.25) is 0 Å². The maximum absolute atomic E-state index is 4.89. The minimum atomic E-state index is 0.905. The fraction of sp³-hybridized carbons (Fsp3) is 0.0435. The van der Waals surface area contributed by atoms with E-state index in [1.54, 1.807) is 0 Å². The molecule has 1 aliphatic carbocycles. The van der Waals surface area contributed by atoms with Crippen molar-refractivity contribution in [3.05, 3.63) is 181 Å². The average molecular weight is 641 g/mol. The van der Waals surface area contributed by atoms with Crippen LogP contribution in [0.3, 0.4) is 0 Å². The number of hydrogen-bond donors (Lipinski definition) is 0. The van der Waals surface area contributed by atoms with Gasteiger partial charge in [-0.05, 0) is 113 Å². The first kappa shape index (κ1) is 28.5. The van der Waals surface area contributed by atoms with Gasteiger partial charge in [-0.2, -0.15) is 0 Å². The minimum Gasteiger partial charge on any atom is -0.310 e. The number of anilines is 3. The molecule has 10 rings (SSSR count). The Morgan fingerprint density at radius 2 is 1.40 bits per heavy atom. The van der Waals surface area contributed by atoms with Gasteiger partial charge in [0.25, 0.3) is 0 Å². The van der Waals surface area contributed by atoms with E-state index in [9.17, 15) is 0 Å². The second-order valence-electron chi connectivity index (χ2n) is 13.2. The predicted molar refractivity (Wildman–Crippen MR) is 207 cm³/mol. The fourth-order valence-electron chi connectivity index (χ4n) is 7.90. The quantitative estimate of drug-likeness (QED) is 0.188. The zero-order valence-corrected chi connectivity index (χ0v) is 27.6. The number of nitrogens with zero attached hydrogens (tertiary/aromatic N) is 4. The van der Waals surface area contributed by atoms with Gasteiger partial charge < -0.3 is 4.90 Å². The summed E-state index contributed by atoms with van der Waals surface area (Å²) in [4.78, 5) is 12.1. The summed E-state index contributed by atoms with van der Waals surface area (Å²) in [6.45, 7) is 2.16. The van der Waals surface area contributed by atoms with Crippen LogP contribution in [-0.2, 0) is 6.42 Å². The largest absolute Gasteiger partial charge is 0.310 e. The van der Waals surface area contributed by atoms with Crippen molar-refractivity contribution in [2.45, 2.75) is 13.3 Å². The summed E-state index contributed by atoms with van der Waals surface area (Å²) in [7, 11) is 0. The molecular weight excluding hydrogens is 609 g/mol. The van der Waals surface area contributed by atoms with Gasteiger partial charge in [-0.25, -0.2) is 4.98 Å². The molecule has 0 saturated heterocycles. The highest BCUT2D eigenvalue weighted by Gasteiger charge is 2.26. The Kier molecular flexibility index (Phi) is 6.43. The third-order valence-electron chi connectivity index (χ3n) is 10.1. The van der Waals surface area contributed by atoms with Crippen molar-refractivity contribution in [1.82, 2.24) is 14.5 Å². The maximum atomic E-state index is 4.89. The molecule has 0 saturated carbocycles. The molecule has 3 heterocycles. The second-order valence-corrected chi connectivity index (χ2v) is 13.2. The lowest BCUT2D eigenvalue weighted by Crippen LogP contribution is -2.10. The summed E-state index contributed by atoms with van der Waals surface area (Å²) in [5, 5.41) is 4.83.